The normalized spacial score (nSPS) is 25.1. The van der Waals surface area contributed by atoms with E-state index in [0.717, 1.165) is 6.42 Å². The molecule has 2 aliphatic rings. The number of benzene rings is 1. The van der Waals surface area contributed by atoms with Gasteiger partial charge in [-0.1, -0.05) is 18.2 Å². The van der Waals surface area contributed by atoms with Gasteiger partial charge in [-0.25, -0.2) is 0 Å². The summed E-state index contributed by atoms with van der Waals surface area (Å²) in [4.78, 5) is 38.6. The van der Waals surface area contributed by atoms with Crippen molar-refractivity contribution in [2.45, 2.75) is 31.0 Å². The Kier molecular flexibility index (Phi) is 5.85. The molecule has 2 aliphatic heterocycles. The number of carbonyl (C=O) groups excluding carboxylic acids is 3. The van der Waals surface area contributed by atoms with E-state index in [2.05, 4.69) is 10.6 Å². The molecule has 3 atom stereocenters. The van der Waals surface area contributed by atoms with E-state index >= 15 is 0 Å². The van der Waals surface area contributed by atoms with E-state index in [1.54, 1.807) is 24.3 Å². The van der Waals surface area contributed by atoms with Crippen molar-refractivity contribution in [3.05, 3.63) is 35.9 Å². The van der Waals surface area contributed by atoms with Crippen molar-refractivity contribution >= 4 is 17.7 Å². The minimum atomic E-state index is -0.632. The molecule has 3 rings (SSSR count). The maximum absolute atomic E-state index is 12.6. The summed E-state index contributed by atoms with van der Waals surface area (Å²) in [7, 11) is 0. The summed E-state index contributed by atoms with van der Waals surface area (Å²) in [6.07, 6.45) is 1.13. The topological polar surface area (TPSA) is 114 Å². The largest absolute Gasteiger partial charge is 0.379 e. The molecule has 0 aromatic heterocycles. The minimum Gasteiger partial charge on any atom is -0.379 e. The van der Waals surface area contributed by atoms with Crippen LogP contribution in [0.3, 0.4) is 0 Å². The van der Waals surface area contributed by atoms with E-state index < -0.39 is 6.04 Å². The lowest BCUT2D eigenvalue weighted by Gasteiger charge is -2.24. The second-order valence-electron chi connectivity index (χ2n) is 6.61. The van der Waals surface area contributed by atoms with Gasteiger partial charge in [0, 0.05) is 24.8 Å². The first-order chi connectivity index (χ1) is 12.6. The number of nitrogens with zero attached hydrogens (tertiary/aromatic N) is 1. The third kappa shape index (κ3) is 4.20. The van der Waals surface area contributed by atoms with E-state index in [1.807, 2.05) is 6.07 Å². The van der Waals surface area contributed by atoms with Crippen LogP contribution in [-0.4, -0.2) is 67.1 Å². The monoisotopic (exact) mass is 360 g/mol. The Labute approximate surface area is 152 Å². The summed E-state index contributed by atoms with van der Waals surface area (Å²) >= 11 is 0. The molecule has 1 aromatic rings. The number of likely N-dealkylation sites (tertiary alicyclic amines) is 1. The second-order valence-corrected chi connectivity index (χ2v) is 6.61. The molecule has 4 N–H and O–H groups in total. The van der Waals surface area contributed by atoms with Crippen molar-refractivity contribution < 1.29 is 19.1 Å². The molecule has 0 bridgehead atoms. The number of hydrogen-bond acceptors (Lipinski definition) is 5. The molecular weight excluding hydrogens is 336 g/mol. The molecule has 0 spiro atoms. The van der Waals surface area contributed by atoms with Gasteiger partial charge in [0.15, 0.2) is 0 Å². The van der Waals surface area contributed by atoms with Gasteiger partial charge in [0.1, 0.15) is 6.04 Å². The van der Waals surface area contributed by atoms with Gasteiger partial charge in [0.25, 0.3) is 5.91 Å². The maximum atomic E-state index is 12.6. The molecule has 1 aromatic carbocycles. The van der Waals surface area contributed by atoms with Crippen molar-refractivity contribution in [1.82, 2.24) is 15.5 Å². The predicted molar refractivity (Wildman–Crippen MR) is 94.2 cm³/mol. The third-order valence-electron chi connectivity index (χ3n) is 4.75. The summed E-state index contributed by atoms with van der Waals surface area (Å²) in [5.41, 5.74) is 6.03. The first-order valence-electron chi connectivity index (χ1n) is 8.82. The summed E-state index contributed by atoms with van der Waals surface area (Å²) in [5.74, 6) is -0.746. The summed E-state index contributed by atoms with van der Waals surface area (Å²) < 4.78 is 5.27. The molecule has 140 valence electrons. The number of amides is 3. The molecular formula is C18H24N4O4. The Morgan fingerprint density at radius 2 is 1.92 bits per heavy atom. The average Bonchev–Trinajstić information content (AvgIpc) is 3.31. The van der Waals surface area contributed by atoms with Crippen molar-refractivity contribution in [3.8, 4) is 0 Å². The number of nitrogens with two attached hydrogens (primary N) is 1. The van der Waals surface area contributed by atoms with Crippen LogP contribution in [0.1, 0.15) is 23.2 Å². The lowest BCUT2D eigenvalue weighted by molar-refractivity contribution is -0.137. The van der Waals surface area contributed by atoms with Gasteiger partial charge in [-0.05, 0) is 25.0 Å². The molecule has 3 amide bonds. The molecule has 8 nitrogen and oxygen atoms in total. The molecule has 0 unspecified atom stereocenters. The highest BCUT2D eigenvalue weighted by molar-refractivity contribution is 5.95. The Hall–Kier alpha value is -2.45. The third-order valence-corrected chi connectivity index (χ3v) is 4.75. The van der Waals surface area contributed by atoms with Crippen molar-refractivity contribution in [2.24, 2.45) is 5.73 Å². The lowest BCUT2D eigenvalue weighted by Crippen LogP contribution is -2.50. The van der Waals surface area contributed by atoms with E-state index in [0.29, 0.717) is 25.2 Å². The van der Waals surface area contributed by atoms with Crippen LogP contribution in [0.25, 0.3) is 0 Å². The SMILES string of the molecule is NCC(=O)N1C[C@H](NC(=O)c2ccccc2)C[C@H]1C(=O)N[C@@H]1CCOC1. The van der Waals surface area contributed by atoms with Crippen LogP contribution < -0.4 is 16.4 Å². The summed E-state index contributed by atoms with van der Waals surface area (Å²) in [6, 6.07) is 7.88. The highest BCUT2D eigenvalue weighted by Crippen LogP contribution is 2.19. The molecule has 2 saturated heterocycles. The van der Waals surface area contributed by atoms with E-state index in [9.17, 15) is 14.4 Å². The first kappa shape index (κ1) is 18.3. The van der Waals surface area contributed by atoms with Gasteiger partial charge in [-0.3, -0.25) is 14.4 Å². The Morgan fingerprint density at radius 1 is 1.15 bits per heavy atom. The van der Waals surface area contributed by atoms with Crippen LogP contribution in [-0.2, 0) is 14.3 Å². The summed E-state index contributed by atoms with van der Waals surface area (Å²) in [6.45, 7) is 1.21. The molecule has 0 radical (unpaired) electrons. The summed E-state index contributed by atoms with van der Waals surface area (Å²) in [5, 5.41) is 5.83. The van der Waals surface area contributed by atoms with Gasteiger partial charge in [0.05, 0.1) is 19.2 Å². The zero-order valence-corrected chi connectivity index (χ0v) is 14.5. The van der Waals surface area contributed by atoms with Crippen LogP contribution in [0.15, 0.2) is 30.3 Å². The smallest absolute Gasteiger partial charge is 0.251 e. The van der Waals surface area contributed by atoms with Crippen molar-refractivity contribution in [1.29, 1.82) is 0 Å². The first-order valence-corrected chi connectivity index (χ1v) is 8.82. The molecule has 26 heavy (non-hydrogen) atoms. The van der Waals surface area contributed by atoms with E-state index in [1.165, 1.54) is 4.90 Å². The highest BCUT2D eigenvalue weighted by atomic mass is 16.5. The van der Waals surface area contributed by atoms with Gasteiger partial charge in [0.2, 0.25) is 11.8 Å². The van der Waals surface area contributed by atoms with Crippen LogP contribution in [0.2, 0.25) is 0 Å². The number of nitrogens with one attached hydrogen (secondary N) is 2. The highest BCUT2D eigenvalue weighted by Gasteiger charge is 2.40. The Bertz CT molecular complexity index is 660. The number of ether oxygens (including phenoxy) is 1. The maximum Gasteiger partial charge on any atom is 0.251 e. The number of rotatable bonds is 5. The second kappa shape index (κ2) is 8.29. The fourth-order valence-electron chi connectivity index (χ4n) is 3.39. The lowest BCUT2D eigenvalue weighted by atomic mass is 10.1. The molecule has 8 heteroatoms. The van der Waals surface area contributed by atoms with Gasteiger partial charge < -0.3 is 26.0 Å². The Balaban J connectivity index is 1.65. The van der Waals surface area contributed by atoms with E-state index in [4.69, 9.17) is 10.5 Å². The predicted octanol–water partition coefficient (Wildman–Crippen LogP) is -0.750. The Morgan fingerprint density at radius 3 is 2.58 bits per heavy atom. The fourth-order valence-corrected chi connectivity index (χ4v) is 3.39. The molecule has 2 heterocycles. The van der Waals surface area contributed by atoms with Crippen molar-refractivity contribution in [3.63, 3.8) is 0 Å². The average molecular weight is 360 g/mol. The van der Waals surface area contributed by atoms with Crippen LogP contribution in [0.5, 0.6) is 0 Å². The quantitative estimate of drug-likeness (QED) is 0.639. The fraction of sp³-hybridized carbons (Fsp3) is 0.500. The van der Waals surface area contributed by atoms with Gasteiger partial charge in [-0.2, -0.15) is 0 Å². The van der Waals surface area contributed by atoms with Crippen LogP contribution >= 0.6 is 0 Å². The van der Waals surface area contributed by atoms with Gasteiger partial charge >= 0.3 is 0 Å². The van der Waals surface area contributed by atoms with Gasteiger partial charge in [-0.15, -0.1) is 0 Å². The molecule has 2 fully saturated rings. The number of hydrogen-bond donors (Lipinski definition) is 3. The molecule has 0 aliphatic carbocycles. The van der Waals surface area contributed by atoms with Crippen LogP contribution in [0.4, 0.5) is 0 Å². The zero-order chi connectivity index (χ0) is 18.5. The van der Waals surface area contributed by atoms with E-state index in [-0.39, 0.29) is 42.9 Å². The molecule has 0 saturated carbocycles. The standard InChI is InChI=1S/C18H24N4O4/c19-9-16(23)22-10-14(21-17(24)12-4-2-1-3-5-12)8-15(22)18(25)20-13-6-7-26-11-13/h1-5,13-15H,6-11,19H2,(H,20,25)(H,21,24)/t13-,14-,15+/m1/s1. The van der Waals surface area contributed by atoms with Crippen molar-refractivity contribution in [2.75, 3.05) is 26.3 Å². The zero-order valence-electron chi connectivity index (χ0n) is 14.5. The van der Waals surface area contributed by atoms with Crippen LogP contribution in [0, 0.1) is 0 Å². The minimum absolute atomic E-state index is 0.0321. The number of carbonyl (C=O) groups is 3.